The second kappa shape index (κ2) is 8.14. The topological polar surface area (TPSA) is 105 Å². The number of nitrogens with zero attached hydrogens (tertiary/aromatic N) is 3. The summed E-state index contributed by atoms with van der Waals surface area (Å²) in [7, 11) is 0. The molecule has 7 nitrogen and oxygen atoms in total. The molecule has 2 heterocycles. The Morgan fingerprint density at radius 1 is 1.30 bits per heavy atom. The molecule has 1 saturated heterocycles. The number of anilines is 1. The van der Waals surface area contributed by atoms with Crippen LogP contribution >= 0.6 is 35.7 Å². The smallest absolute Gasteiger partial charge is 0.323 e. The summed E-state index contributed by atoms with van der Waals surface area (Å²) in [5.41, 5.74) is 1.35. The SMILES string of the molecule is N#Cc1ccc2c(c1)N(CCO)/C(=C/C=C1/SC(=S)N(CC(=O)O)C1=O)S2. The lowest BCUT2D eigenvalue weighted by Crippen LogP contribution is -2.33. The van der Waals surface area contributed by atoms with Crippen molar-refractivity contribution in [2.24, 2.45) is 0 Å². The van der Waals surface area contributed by atoms with Gasteiger partial charge in [-0.15, -0.1) is 0 Å². The number of hydrogen-bond acceptors (Lipinski definition) is 8. The molecule has 0 unspecified atom stereocenters. The van der Waals surface area contributed by atoms with E-state index in [1.165, 1.54) is 11.8 Å². The van der Waals surface area contributed by atoms with Crippen molar-refractivity contribution in [2.45, 2.75) is 4.90 Å². The lowest BCUT2D eigenvalue weighted by molar-refractivity contribution is -0.140. The maximum Gasteiger partial charge on any atom is 0.323 e. The third-order valence-electron chi connectivity index (χ3n) is 3.73. The molecule has 1 amide bonds. The highest BCUT2D eigenvalue weighted by molar-refractivity contribution is 8.26. The molecule has 10 heteroatoms. The molecule has 1 aromatic carbocycles. The Morgan fingerprint density at radius 2 is 2.07 bits per heavy atom. The molecule has 0 radical (unpaired) electrons. The Bertz CT molecular complexity index is 936. The first-order valence-electron chi connectivity index (χ1n) is 7.72. The van der Waals surface area contributed by atoms with Gasteiger partial charge in [-0.1, -0.05) is 35.7 Å². The predicted molar refractivity (Wildman–Crippen MR) is 107 cm³/mol. The predicted octanol–water partition coefficient (Wildman–Crippen LogP) is 2.13. The fraction of sp³-hybridized carbons (Fsp3) is 0.176. The number of β-amino-alcohol motifs (C(OH)–C–C–N with tert-alkyl or cyclic N) is 1. The molecule has 2 aliphatic heterocycles. The largest absolute Gasteiger partial charge is 0.480 e. The number of thiocarbonyl (C=S) groups is 1. The van der Waals surface area contributed by atoms with Gasteiger partial charge < -0.3 is 15.1 Å². The third-order valence-corrected chi connectivity index (χ3v) is 6.25. The minimum absolute atomic E-state index is 0.0746. The van der Waals surface area contributed by atoms with E-state index in [2.05, 4.69) is 6.07 Å². The number of carbonyl (C=O) groups excluding carboxylic acids is 1. The molecule has 0 atom stereocenters. The van der Waals surface area contributed by atoms with Gasteiger partial charge in [0.05, 0.1) is 33.9 Å². The molecule has 0 bridgehead atoms. The quantitative estimate of drug-likeness (QED) is 0.548. The van der Waals surface area contributed by atoms with Crippen LogP contribution in [0.5, 0.6) is 0 Å². The molecule has 0 aromatic heterocycles. The summed E-state index contributed by atoms with van der Waals surface area (Å²) in [6, 6.07) is 7.42. The van der Waals surface area contributed by atoms with Crippen molar-refractivity contribution in [1.29, 1.82) is 5.26 Å². The van der Waals surface area contributed by atoms with Crippen LogP contribution in [0.1, 0.15) is 5.56 Å². The summed E-state index contributed by atoms with van der Waals surface area (Å²) in [4.78, 5) is 27.4. The summed E-state index contributed by atoms with van der Waals surface area (Å²) >= 11 is 7.59. The number of carbonyl (C=O) groups is 2. The van der Waals surface area contributed by atoms with Gasteiger partial charge in [0.15, 0.2) is 0 Å². The highest BCUT2D eigenvalue weighted by Gasteiger charge is 2.33. The van der Waals surface area contributed by atoms with Gasteiger partial charge >= 0.3 is 5.97 Å². The number of thioether (sulfide) groups is 2. The van der Waals surface area contributed by atoms with E-state index in [0.29, 0.717) is 17.0 Å². The number of allylic oxidation sites excluding steroid dienone is 2. The first-order valence-corrected chi connectivity index (χ1v) is 9.76. The van der Waals surface area contributed by atoms with Crippen molar-refractivity contribution in [3.05, 3.63) is 45.8 Å². The summed E-state index contributed by atoms with van der Waals surface area (Å²) in [6.45, 7) is -0.199. The van der Waals surface area contributed by atoms with E-state index >= 15 is 0 Å². The molecular formula is C17H13N3O4S3. The van der Waals surface area contributed by atoms with Crippen LogP contribution < -0.4 is 4.90 Å². The molecule has 0 spiro atoms. The van der Waals surface area contributed by atoms with Crippen molar-refractivity contribution >= 4 is 57.6 Å². The zero-order chi connectivity index (χ0) is 19.6. The maximum absolute atomic E-state index is 12.3. The standard InChI is InChI=1S/C17H13N3O4S3/c18-8-10-1-2-12-11(7-10)19(5-6-21)14(26-12)4-3-13-16(24)20(9-15(22)23)17(25)27-13/h1-4,7,21H,5-6,9H2,(H,22,23)/b13-3+,14-4-. The summed E-state index contributed by atoms with van der Waals surface area (Å²) in [5, 5.41) is 28.1. The molecular weight excluding hydrogens is 406 g/mol. The third kappa shape index (κ3) is 4.01. The zero-order valence-electron chi connectivity index (χ0n) is 13.8. The van der Waals surface area contributed by atoms with E-state index < -0.39 is 18.4 Å². The first kappa shape index (κ1) is 19.4. The zero-order valence-corrected chi connectivity index (χ0v) is 16.2. The normalized spacial score (nSPS) is 19.1. The fourth-order valence-electron chi connectivity index (χ4n) is 2.56. The minimum Gasteiger partial charge on any atom is -0.480 e. The molecule has 2 aliphatic rings. The Kier molecular flexibility index (Phi) is 5.86. The number of aliphatic hydroxyl groups excluding tert-OH is 1. The van der Waals surface area contributed by atoms with Gasteiger partial charge in [0.1, 0.15) is 10.9 Å². The summed E-state index contributed by atoms with van der Waals surface area (Å²) < 4.78 is 0.209. The Hall–Kier alpha value is -2.32. The van der Waals surface area contributed by atoms with Crippen molar-refractivity contribution in [2.75, 3.05) is 24.6 Å². The number of aliphatic carboxylic acids is 1. The van der Waals surface area contributed by atoms with E-state index in [-0.39, 0.29) is 10.9 Å². The van der Waals surface area contributed by atoms with Gasteiger partial charge in [-0.25, -0.2) is 0 Å². The Labute approximate surface area is 168 Å². The van der Waals surface area contributed by atoms with Crippen molar-refractivity contribution in [3.8, 4) is 6.07 Å². The van der Waals surface area contributed by atoms with Crippen molar-refractivity contribution in [1.82, 2.24) is 4.90 Å². The van der Waals surface area contributed by atoms with Crippen LogP contribution in [0.4, 0.5) is 5.69 Å². The monoisotopic (exact) mass is 419 g/mol. The Balaban J connectivity index is 1.87. The number of benzene rings is 1. The van der Waals surface area contributed by atoms with Crippen LogP contribution in [0.15, 0.2) is 45.2 Å². The van der Waals surface area contributed by atoms with Gasteiger partial charge in [-0.3, -0.25) is 14.5 Å². The first-order chi connectivity index (χ1) is 12.9. The number of fused-ring (bicyclic) bond motifs is 1. The number of aliphatic hydroxyl groups is 1. The van der Waals surface area contributed by atoms with Crippen LogP contribution in [0.3, 0.4) is 0 Å². The average Bonchev–Trinajstić information content (AvgIpc) is 3.11. The number of carboxylic acids is 1. The minimum atomic E-state index is -1.13. The molecule has 27 heavy (non-hydrogen) atoms. The molecule has 1 fully saturated rings. The molecule has 0 saturated carbocycles. The number of nitriles is 1. The van der Waals surface area contributed by atoms with E-state index in [4.69, 9.17) is 22.6 Å². The average molecular weight is 420 g/mol. The molecule has 138 valence electrons. The fourth-order valence-corrected chi connectivity index (χ4v) is 4.83. The lowest BCUT2D eigenvalue weighted by Gasteiger charge is -2.18. The van der Waals surface area contributed by atoms with Crippen LogP contribution in [0.2, 0.25) is 0 Å². The van der Waals surface area contributed by atoms with E-state index in [9.17, 15) is 14.7 Å². The van der Waals surface area contributed by atoms with Crippen LogP contribution in [0.25, 0.3) is 0 Å². The van der Waals surface area contributed by atoms with E-state index in [1.54, 1.807) is 24.3 Å². The Morgan fingerprint density at radius 3 is 2.74 bits per heavy atom. The molecule has 1 aromatic rings. The van der Waals surface area contributed by atoms with Crippen LogP contribution in [-0.4, -0.2) is 51.0 Å². The molecule has 2 N–H and O–H groups in total. The maximum atomic E-state index is 12.3. The van der Waals surface area contributed by atoms with Gasteiger partial charge in [0.25, 0.3) is 5.91 Å². The number of rotatable bonds is 5. The van der Waals surface area contributed by atoms with Crippen molar-refractivity contribution < 1.29 is 19.8 Å². The molecule has 0 aliphatic carbocycles. The number of amides is 1. The number of hydrogen-bond donors (Lipinski definition) is 2. The second-order valence-corrected chi connectivity index (χ2v) is 8.20. The van der Waals surface area contributed by atoms with Gasteiger partial charge in [-0.2, -0.15) is 5.26 Å². The van der Waals surface area contributed by atoms with Crippen molar-refractivity contribution in [3.63, 3.8) is 0 Å². The highest BCUT2D eigenvalue weighted by atomic mass is 32.2. The van der Waals surface area contributed by atoms with Crippen LogP contribution in [-0.2, 0) is 9.59 Å². The summed E-state index contributed by atoms with van der Waals surface area (Å²) in [5.74, 6) is -1.57. The van der Waals surface area contributed by atoms with Crippen LogP contribution in [0, 0.1) is 11.3 Å². The van der Waals surface area contributed by atoms with Gasteiger partial charge in [0, 0.05) is 11.4 Å². The number of carboxylic acid groups (broad SMARTS) is 1. The van der Waals surface area contributed by atoms with Gasteiger partial charge in [-0.05, 0) is 30.4 Å². The second-order valence-electron chi connectivity index (χ2n) is 5.46. The summed E-state index contributed by atoms with van der Waals surface area (Å²) in [6.07, 6.45) is 3.34. The van der Waals surface area contributed by atoms with E-state index in [1.807, 2.05) is 11.0 Å². The van der Waals surface area contributed by atoms with E-state index in [0.717, 1.165) is 32.3 Å². The highest BCUT2D eigenvalue weighted by Crippen LogP contribution is 2.46. The lowest BCUT2D eigenvalue weighted by atomic mass is 10.2. The molecule has 3 rings (SSSR count). The van der Waals surface area contributed by atoms with Gasteiger partial charge in [0.2, 0.25) is 0 Å².